The normalized spacial score (nSPS) is 33.0. The van der Waals surface area contributed by atoms with Crippen LogP contribution in [0, 0.1) is 0 Å². The highest BCUT2D eigenvalue weighted by Crippen LogP contribution is 1.96. The molecule has 2 N–H and O–H groups in total. The Morgan fingerprint density at radius 1 is 1.57 bits per heavy atom. The Bertz CT molecular complexity index is 48.0. The molecular weight excluding hydrogens is 88.1 g/mol. The van der Waals surface area contributed by atoms with Crippen LogP contribution in [0.25, 0.3) is 0 Å². The van der Waals surface area contributed by atoms with Crippen LogP contribution in [0.2, 0.25) is 0 Å². The predicted octanol–water partition coefficient (Wildman–Crippen LogP) is 0.263. The Labute approximate surface area is 44.3 Å². The zero-order valence-electron chi connectivity index (χ0n) is 4.70. The Hall–Kier alpha value is -0.0800. The molecule has 2 nitrogen and oxygen atoms in total. The molecule has 1 unspecified atom stereocenters. The zero-order valence-corrected chi connectivity index (χ0v) is 4.70. The molecule has 1 rings (SSSR count). The monoisotopic (exact) mass is 100 g/mol. The van der Waals surface area contributed by atoms with Crippen LogP contribution >= 0.6 is 0 Å². The van der Waals surface area contributed by atoms with Crippen molar-refractivity contribution in [2.75, 3.05) is 6.54 Å². The van der Waals surface area contributed by atoms with Crippen LogP contribution in [0.4, 0.5) is 0 Å². The minimum absolute atomic E-state index is 0.675. The Kier molecular flexibility index (Phi) is 1.65. The van der Waals surface area contributed by atoms with Gasteiger partial charge in [0.05, 0.1) is 0 Å². The van der Waals surface area contributed by atoms with Gasteiger partial charge in [-0.1, -0.05) is 0 Å². The van der Waals surface area contributed by atoms with Crippen molar-refractivity contribution in [2.45, 2.75) is 25.8 Å². The van der Waals surface area contributed by atoms with Gasteiger partial charge >= 0.3 is 0 Å². The lowest BCUT2D eigenvalue weighted by atomic mass is 10.2. The summed E-state index contributed by atoms with van der Waals surface area (Å²) in [5.74, 6) is 0. The van der Waals surface area contributed by atoms with Crippen molar-refractivity contribution in [3.05, 3.63) is 0 Å². The second-order valence-corrected chi connectivity index (χ2v) is 2.11. The van der Waals surface area contributed by atoms with Crippen LogP contribution in [-0.2, 0) is 0 Å². The van der Waals surface area contributed by atoms with Crippen LogP contribution in [0.5, 0.6) is 0 Å². The van der Waals surface area contributed by atoms with Crippen molar-refractivity contribution in [3.63, 3.8) is 0 Å². The van der Waals surface area contributed by atoms with Gasteiger partial charge in [-0.3, -0.25) is 10.9 Å². The van der Waals surface area contributed by atoms with Crippen LogP contribution in [0.1, 0.15) is 19.8 Å². The first kappa shape index (κ1) is 5.06. The largest absolute Gasteiger partial charge is 0.258 e. The van der Waals surface area contributed by atoms with Gasteiger partial charge in [-0.2, -0.15) is 0 Å². The fourth-order valence-electron chi connectivity index (χ4n) is 0.815. The Balaban J connectivity index is 2.12. The minimum Gasteiger partial charge on any atom is -0.258 e. The zero-order chi connectivity index (χ0) is 5.11. The van der Waals surface area contributed by atoms with Crippen molar-refractivity contribution in [2.24, 2.45) is 0 Å². The lowest BCUT2D eigenvalue weighted by Crippen LogP contribution is -2.43. The first-order chi connectivity index (χ1) is 3.39. The molecule has 0 spiro atoms. The van der Waals surface area contributed by atoms with E-state index in [1.165, 1.54) is 12.8 Å². The molecule has 1 aliphatic rings. The van der Waals surface area contributed by atoms with Crippen LogP contribution in [0.3, 0.4) is 0 Å². The van der Waals surface area contributed by atoms with E-state index in [-0.39, 0.29) is 0 Å². The molecule has 1 aliphatic heterocycles. The van der Waals surface area contributed by atoms with Gasteiger partial charge in [0.15, 0.2) is 0 Å². The summed E-state index contributed by atoms with van der Waals surface area (Å²) in [5, 5.41) is 0. The summed E-state index contributed by atoms with van der Waals surface area (Å²) in [5.41, 5.74) is 6.22. The third kappa shape index (κ3) is 1.45. The van der Waals surface area contributed by atoms with E-state index in [0.29, 0.717) is 6.04 Å². The van der Waals surface area contributed by atoms with Gasteiger partial charge in [-0.05, 0) is 19.8 Å². The van der Waals surface area contributed by atoms with Gasteiger partial charge in [-0.15, -0.1) is 0 Å². The van der Waals surface area contributed by atoms with Gasteiger partial charge < -0.3 is 0 Å². The highest BCUT2D eigenvalue weighted by Gasteiger charge is 2.03. The van der Waals surface area contributed by atoms with Gasteiger partial charge in [0.1, 0.15) is 0 Å². The molecule has 0 radical (unpaired) electrons. The van der Waals surface area contributed by atoms with E-state index in [2.05, 4.69) is 17.8 Å². The van der Waals surface area contributed by atoms with E-state index in [0.717, 1.165) is 6.54 Å². The molecule has 7 heavy (non-hydrogen) atoms. The van der Waals surface area contributed by atoms with Gasteiger partial charge in [0.25, 0.3) is 0 Å². The molecule has 0 aromatic carbocycles. The summed E-state index contributed by atoms with van der Waals surface area (Å²) in [4.78, 5) is 0. The molecule has 1 heterocycles. The standard InChI is InChI=1S/C5H12N2/c1-5-3-2-4-6-7-5/h5-7H,2-4H2,1H3. The molecule has 0 aromatic heterocycles. The number of rotatable bonds is 0. The quantitative estimate of drug-likeness (QED) is 0.456. The van der Waals surface area contributed by atoms with E-state index < -0.39 is 0 Å². The fourth-order valence-corrected chi connectivity index (χ4v) is 0.815. The average Bonchev–Trinajstić information content (AvgIpc) is 1.69. The topological polar surface area (TPSA) is 24.1 Å². The second-order valence-electron chi connectivity index (χ2n) is 2.11. The first-order valence-electron chi connectivity index (χ1n) is 2.88. The minimum atomic E-state index is 0.675. The highest BCUT2D eigenvalue weighted by atomic mass is 15.4. The summed E-state index contributed by atoms with van der Waals surface area (Å²) >= 11 is 0. The molecule has 2 heteroatoms. The highest BCUT2D eigenvalue weighted by molar-refractivity contribution is 4.62. The van der Waals surface area contributed by atoms with E-state index in [9.17, 15) is 0 Å². The van der Waals surface area contributed by atoms with Crippen molar-refractivity contribution < 1.29 is 0 Å². The van der Waals surface area contributed by atoms with Crippen molar-refractivity contribution in [1.29, 1.82) is 0 Å². The van der Waals surface area contributed by atoms with Crippen molar-refractivity contribution >= 4 is 0 Å². The second kappa shape index (κ2) is 2.28. The molecule has 0 aromatic rings. The van der Waals surface area contributed by atoms with Gasteiger partial charge in [0, 0.05) is 12.6 Å². The first-order valence-corrected chi connectivity index (χ1v) is 2.88. The van der Waals surface area contributed by atoms with E-state index >= 15 is 0 Å². The molecular formula is C5H12N2. The summed E-state index contributed by atoms with van der Waals surface area (Å²) in [6, 6.07) is 0.675. The van der Waals surface area contributed by atoms with Crippen LogP contribution in [-0.4, -0.2) is 12.6 Å². The Morgan fingerprint density at radius 3 is 2.71 bits per heavy atom. The van der Waals surface area contributed by atoms with E-state index in [4.69, 9.17) is 0 Å². The van der Waals surface area contributed by atoms with Gasteiger partial charge in [0.2, 0.25) is 0 Å². The van der Waals surface area contributed by atoms with Crippen LogP contribution < -0.4 is 10.9 Å². The SMILES string of the molecule is CC1CCCNN1. The van der Waals surface area contributed by atoms with E-state index in [1.807, 2.05) is 0 Å². The van der Waals surface area contributed by atoms with Crippen molar-refractivity contribution in [3.8, 4) is 0 Å². The number of nitrogens with one attached hydrogen (secondary N) is 2. The average molecular weight is 100 g/mol. The summed E-state index contributed by atoms with van der Waals surface area (Å²) in [7, 11) is 0. The molecule has 0 saturated carbocycles. The predicted molar refractivity (Wildman–Crippen MR) is 29.8 cm³/mol. The smallest absolute Gasteiger partial charge is 0.0185 e. The molecule has 0 bridgehead atoms. The molecule has 42 valence electrons. The number of hydrogen-bond donors (Lipinski definition) is 2. The van der Waals surface area contributed by atoms with Gasteiger partial charge in [-0.25, -0.2) is 0 Å². The maximum absolute atomic E-state index is 3.13. The molecule has 0 amide bonds. The molecule has 1 saturated heterocycles. The Morgan fingerprint density at radius 2 is 2.43 bits per heavy atom. The molecule has 1 atom stereocenters. The lowest BCUT2D eigenvalue weighted by Gasteiger charge is -2.19. The molecule has 1 fully saturated rings. The summed E-state index contributed by atoms with van der Waals surface area (Å²) in [6.45, 7) is 3.32. The third-order valence-electron chi connectivity index (χ3n) is 1.29. The number of hydrazine groups is 1. The fraction of sp³-hybridized carbons (Fsp3) is 1.00. The van der Waals surface area contributed by atoms with Crippen molar-refractivity contribution in [1.82, 2.24) is 10.9 Å². The third-order valence-corrected chi connectivity index (χ3v) is 1.29. The van der Waals surface area contributed by atoms with Crippen LogP contribution in [0.15, 0.2) is 0 Å². The molecule has 0 aliphatic carbocycles. The number of hydrogen-bond acceptors (Lipinski definition) is 2. The van der Waals surface area contributed by atoms with E-state index in [1.54, 1.807) is 0 Å². The maximum atomic E-state index is 3.13. The lowest BCUT2D eigenvalue weighted by molar-refractivity contribution is 0.362. The summed E-state index contributed by atoms with van der Waals surface area (Å²) < 4.78 is 0. The maximum Gasteiger partial charge on any atom is 0.0185 e. The summed E-state index contributed by atoms with van der Waals surface area (Å²) in [6.07, 6.45) is 2.63.